The molecule has 7 heteroatoms. The fourth-order valence-corrected chi connectivity index (χ4v) is 4.72. The van der Waals surface area contributed by atoms with Gasteiger partial charge in [-0.05, 0) is 60.9 Å². The van der Waals surface area contributed by atoms with Crippen LogP contribution in [-0.2, 0) is 11.2 Å². The van der Waals surface area contributed by atoms with E-state index in [1.54, 1.807) is 26.0 Å². The summed E-state index contributed by atoms with van der Waals surface area (Å²) in [5, 5.41) is 14.4. The summed E-state index contributed by atoms with van der Waals surface area (Å²) < 4.78 is 5.07. The molecule has 2 aromatic carbocycles. The molecule has 1 amide bonds. The lowest BCUT2D eigenvalue weighted by atomic mass is 10.0. The second kappa shape index (κ2) is 10.1. The van der Waals surface area contributed by atoms with Crippen LogP contribution in [0.25, 0.3) is 0 Å². The quantitative estimate of drug-likeness (QED) is 0.294. The molecule has 0 bridgehead atoms. The number of nitrogens with one attached hydrogen (secondary N) is 1. The van der Waals surface area contributed by atoms with Crippen molar-refractivity contribution in [2.75, 3.05) is 11.9 Å². The van der Waals surface area contributed by atoms with Crippen LogP contribution in [0.1, 0.15) is 43.6 Å². The first kappa shape index (κ1) is 21.6. The fourth-order valence-electron chi connectivity index (χ4n) is 2.92. The Morgan fingerprint density at radius 3 is 2.40 bits per heavy atom. The van der Waals surface area contributed by atoms with Gasteiger partial charge >= 0.3 is 5.97 Å². The van der Waals surface area contributed by atoms with Gasteiger partial charge in [-0.1, -0.05) is 42.5 Å². The Morgan fingerprint density at radius 2 is 1.77 bits per heavy atom. The summed E-state index contributed by atoms with van der Waals surface area (Å²) in [5.74, 6) is -0.747. The van der Waals surface area contributed by atoms with Crippen LogP contribution >= 0.6 is 23.1 Å². The summed E-state index contributed by atoms with van der Waals surface area (Å²) in [6, 6.07) is 17.5. The average molecular weight is 437 g/mol. The number of hydrogen-bond acceptors (Lipinski definition) is 6. The number of amides is 1. The van der Waals surface area contributed by atoms with Crippen LogP contribution in [0.5, 0.6) is 0 Å². The summed E-state index contributed by atoms with van der Waals surface area (Å²) in [6.07, 6.45) is 0.790. The van der Waals surface area contributed by atoms with Crippen molar-refractivity contribution in [3.05, 3.63) is 81.7 Å². The number of thioether (sulfide) groups is 1. The van der Waals surface area contributed by atoms with Gasteiger partial charge < -0.3 is 10.1 Å². The van der Waals surface area contributed by atoms with Gasteiger partial charge in [0.1, 0.15) is 15.3 Å². The van der Waals surface area contributed by atoms with E-state index in [4.69, 9.17) is 10.00 Å². The minimum atomic E-state index is -0.453. The lowest BCUT2D eigenvalue weighted by molar-refractivity contribution is 0.0531. The largest absolute Gasteiger partial charge is 0.462 e. The molecule has 30 heavy (non-hydrogen) atoms. The van der Waals surface area contributed by atoms with Crippen molar-refractivity contribution < 1.29 is 14.3 Å². The highest BCUT2D eigenvalue weighted by molar-refractivity contribution is 8.04. The van der Waals surface area contributed by atoms with Gasteiger partial charge in [0.15, 0.2) is 0 Å². The third-order valence-electron chi connectivity index (χ3n) is 4.39. The number of anilines is 1. The van der Waals surface area contributed by atoms with Gasteiger partial charge in [-0.25, -0.2) is 4.79 Å². The molecule has 1 heterocycles. The van der Waals surface area contributed by atoms with Gasteiger partial charge in [0.05, 0.1) is 11.5 Å². The van der Waals surface area contributed by atoms with Gasteiger partial charge in [-0.15, -0.1) is 11.3 Å². The fraction of sp³-hybridized carbons (Fsp3) is 0.174. The van der Waals surface area contributed by atoms with Gasteiger partial charge in [0.2, 0.25) is 0 Å². The van der Waals surface area contributed by atoms with E-state index < -0.39 is 5.97 Å². The number of nitrogens with zero attached hydrogens (tertiary/aromatic N) is 1. The van der Waals surface area contributed by atoms with E-state index in [1.807, 2.05) is 35.7 Å². The molecule has 0 atom stereocenters. The molecule has 0 fully saturated rings. The number of thiocyanates is 1. The number of thiophene rings is 1. The molecule has 0 aliphatic carbocycles. The maximum Gasteiger partial charge on any atom is 0.348 e. The Bertz CT molecular complexity index is 1080. The van der Waals surface area contributed by atoms with Crippen molar-refractivity contribution in [1.29, 1.82) is 5.26 Å². The predicted molar refractivity (Wildman–Crippen MR) is 120 cm³/mol. The molecular weight excluding hydrogens is 416 g/mol. The molecule has 0 saturated heterocycles. The second-order valence-electron chi connectivity index (χ2n) is 6.44. The van der Waals surface area contributed by atoms with Crippen LogP contribution in [0.2, 0.25) is 0 Å². The molecule has 0 saturated carbocycles. The zero-order chi connectivity index (χ0) is 21.5. The highest BCUT2D eigenvalue weighted by atomic mass is 32.2. The van der Waals surface area contributed by atoms with Crippen molar-refractivity contribution in [2.45, 2.75) is 25.2 Å². The molecule has 1 aromatic heterocycles. The number of carbonyl (C=O) groups excluding carboxylic acids is 2. The molecule has 0 aliphatic rings. The van der Waals surface area contributed by atoms with Gasteiger partial charge in [0.25, 0.3) is 5.91 Å². The lowest BCUT2D eigenvalue weighted by Crippen LogP contribution is -2.11. The van der Waals surface area contributed by atoms with Gasteiger partial charge in [-0.2, -0.15) is 5.26 Å². The first-order valence-electron chi connectivity index (χ1n) is 9.34. The molecule has 0 unspecified atom stereocenters. The summed E-state index contributed by atoms with van der Waals surface area (Å²) >= 11 is 2.04. The van der Waals surface area contributed by atoms with E-state index in [9.17, 15) is 9.59 Å². The van der Waals surface area contributed by atoms with E-state index in [-0.39, 0.29) is 12.5 Å². The number of benzene rings is 2. The maximum absolute atomic E-state index is 12.7. The zero-order valence-corrected chi connectivity index (χ0v) is 18.2. The van der Waals surface area contributed by atoms with Crippen molar-refractivity contribution >= 4 is 40.0 Å². The monoisotopic (exact) mass is 436 g/mol. The van der Waals surface area contributed by atoms with E-state index in [2.05, 4.69) is 17.4 Å². The SMILES string of the molecule is CCOC(=O)c1sc(NC(=O)c2ccc(Cc3ccccc3)cc2)c(SC#N)c1C. The minimum Gasteiger partial charge on any atom is -0.462 e. The number of ether oxygens (including phenoxy) is 1. The number of nitriles is 1. The number of rotatable bonds is 7. The Morgan fingerprint density at radius 1 is 1.10 bits per heavy atom. The van der Waals surface area contributed by atoms with E-state index in [0.717, 1.165) is 35.1 Å². The van der Waals surface area contributed by atoms with Crippen LogP contribution in [0.3, 0.4) is 0 Å². The van der Waals surface area contributed by atoms with Gasteiger partial charge in [-0.3, -0.25) is 4.79 Å². The summed E-state index contributed by atoms with van der Waals surface area (Å²) in [6.45, 7) is 3.74. The van der Waals surface area contributed by atoms with Crippen molar-refractivity contribution in [1.82, 2.24) is 0 Å². The Kier molecular flexibility index (Phi) is 7.28. The number of esters is 1. The Labute approximate surface area is 183 Å². The molecule has 0 aliphatic heterocycles. The molecule has 0 radical (unpaired) electrons. The van der Waals surface area contributed by atoms with Crippen molar-refractivity contribution in [3.63, 3.8) is 0 Å². The topological polar surface area (TPSA) is 79.2 Å². The van der Waals surface area contributed by atoms with Crippen molar-refractivity contribution in [3.8, 4) is 5.40 Å². The van der Waals surface area contributed by atoms with Crippen LogP contribution in [0.15, 0.2) is 59.5 Å². The minimum absolute atomic E-state index is 0.258. The third kappa shape index (κ3) is 5.09. The first-order valence-corrected chi connectivity index (χ1v) is 11.0. The van der Waals surface area contributed by atoms with Crippen LogP contribution in [-0.4, -0.2) is 18.5 Å². The molecular formula is C23H20N2O3S2. The average Bonchev–Trinajstić information content (AvgIpc) is 3.05. The zero-order valence-electron chi connectivity index (χ0n) is 16.6. The first-order chi connectivity index (χ1) is 14.5. The molecule has 152 valence electrons. The number of carbonyl (C=O) groups is 2. The summed E-state index contributed by atoms with van der Waals surface area (Å²) in [4.78, 5) is 25.9. The second-order valence-corrected chi connectivity index (χ2v) is 8.26. The van der Waals surface area contributed by atoms with E-state index in [1.165, 1.54) is 5.56 Å². The van der Waals surface area contributed by atoms with E-state index >= 15 is 0 Å². The lowest BCUT2D eigenvalue weighted by Gasteiger charge is -2.06. The highest BCUT2D eigenvalue weighted by Crippen LogP contribution is 2.40. The molecule has 3 aromatic rings. The third-order valence-corrected chi connectivity index (χ3v) is 6.52. The normalized spacial score (nSPS) is 10.3. The predicted octanol–water partition coefficient (Wildman–Crippen LogP) is 5.65. The summed E-state index contributed by atoms with van der Waals surface area (Å²) in [5.41, 5.74) is 3.45. The number of hydrogen-bond donors (Lipinski definition) is 1. The molecule has 3 rings (SSSR count). The summed E-state index contributed by atoms with van der Waals surface area (Å²) in [7, 11) is 0. The Balaban J connectivity index is 1.77. The van der Waals surface area contributed by atoms with Crippen LogP contribution in [0.4, 0.5) is 5.00 Å². The van der Waals surface area contributed by atoms with Crippen LogP contribution in [0, 0.1) is 17.6 Å². The maximum atomic E-state index is 12.7. The molecule has 5 nitrogen and oxygen atoms in total. The van der Waals surface area contributed by atoms with Crippen LogP contribution < -0.4 is 5.32 Å². The molecule has 1 N–H and O–H groups in total. The van der Waals surface area contributed by atoms with E-state index in [0.29, 0.717) is 25.9 Å². The van der Waals surface area contributed by atoms with Gasteiger partial charge in [0, 0.05) is 5.56 Å². The smallest absolute Gasteiger partial charge is 0.348 e. The Hall–Kier alpha value is -3.08. The molecule has 0 spiro atoms. The standard InChI is InChI=1S/C23H20N2O3S2/c1-3-28-23(27)20-15(2)19(29-14-24)22(30-20)25-21(26)18-11-9-17(10-12-18)13-16-7-5-4-6-8-16/h4-12H,3,13H2,1-2H3,(H,25,26). The highest BCUT2D eigenvalue weighted by Gasteiger charge is 2.23. The van der Waals surface area contributed by atoms with Crippen molar-refractivity contribution in [2.24, 2.45) is 0 Å².